The predicted octanol–water partition coefficient (Wildman–Crippen LogP) is 7.32. The third kappa shape index (κ3) is 2.96. The van der Waals surface area contributed by atoms with E-state index in [1.165, 1.54) is 5.39 Å². The Morgan fingerprint density at radius 2 is 1.27 bits per heavy atom. The second-order valence-corrected chi connectivity index (χ2v) is 9.07. The van der Waals surface area contributed by atoms with Gasteiger partial charge in [-0.05, 0) is 60.0 Å². The third-order valence-corrected chi connectivity index (χ3v) is 6.99. The van der Waals surface area contributed by atoms with Crippen molar-refractivity contribution in [3.8, 4) is 17.3 Å². The molecule has 37 heavy (non-hydrogen) atoms. The maximum Gasteiger partial charge on any atom is 0.169 e. The second kappa shape index (κ2) is 7.63. The van der Waals surface area contributed by atoms with Gasteiger partial charge in [-0.1, -0.05) is 42.5 Å². The first-order valence-electron chi connectivity index (χ1n) is 12.1. The number of aromatic nitrogens is 5. The van der Waals surface area contributed by atoms with Gasteiger partial charge < -0.3 is 4.74 Å². The van der Waals surface area contributed by atoms with E-state index in [2.05, 4.69) is 80.4 Å². The fourth-order valence-electron chi connectivity index (χ4n) is 5.40. The molecule has 6 heteroatoms. The summed E-state index contributed by atoms with van der Waals surface area (Å²) in [7, 11) is 0. The highest BCUT2D eigenvalue weighted by molar-refractivity contribution is 6.12. The van der Waals surface area contributed by atoms with Gasteiger partial charge in [0.25, 0.3) is 0 Å². The molecule has 4 aromatic carbocycles. The van der Waals surface area contributed by atoms with Crippen LogP contribution in [0.2, 0.25) is 0 Å². The molecular weight excluding hydrogens is 458 g/mol. The lowest BCUT2D eigenvalue weighted by molar-refractivity contribution is 0.484. The third-order valence-electron chi connectivity index (χ3n) is 6.99. The van der Waals surface area contributed by atoms with Crippen molar-refractivity contribution in [3.63, 3.8) is 0 Å². The Hall–Kier alpha value is -5.23. The minimum Gasteiger partial charge on any atom is -0.457 e. The first kappa shape index (κ1) is 20.0. The Labute approximate surface area is 211 Å². The highest BCUT2D eigenvalue weighted by atomic mass is 16.5. The molecule has 6 nitrogen and oxygen atoms in total. The lowest BCUT2D eigenvalue weighted by atomic mass is 10.1. The van der Waals surface area contributed by atoms with E-state index < -0.39 is 0 Å². The quantitative estimate of drug-likeness (QED) is 0.250. The maximum atomic E-state index is 6.43. The molecule has 4 aromatic heterocycles. The molecule has 0 aliphatic rings. The Bertz CT molecular complexity index is 2130. The second-order valence-electron chi connectivity index (χ2n) is 9.07. The average molecular weight is 478 g/mol. The first-order valence-corrected chi connectivity index (χ1v) is 12.1. The van der Waals surface area contributed by atoms with Gasteiger partial charge in [-0.15, -0.1) is 10.2 Å². The molecule has 174 valence electrons. The van der Waals surface area contributed by atoms with E-state index in [1.807, 2.05) is 53.1 Å². The van der Waals surface area contributed by atoms with Crippen molar-refractivity contribution < 1.29 is 4.74 Å². The van der Waals surface area contributed by atoms with Crippen molar-refractivity contribution in [2.24, 2.45) is 0 Å². The van der Waals surface area contributed by atoms with E-state index in [-0.39, 0.29) is 0 Å². The van der Waals surface area contributed by atoms with Crippen LogP contribution in [0.1, 0.15) is 0 Å². The van der Waals surface area contributed by atoms with Crippen LogP contribution in [0, 0.1) is 0 Å². The van der Waals surface area contributed by atoms with Crippen LogP contribution in [0.25, 0.3) is 54.9 Å². The summed E-state index contributed by atoms with van der Waals surface area (Å²) < 4.78 is 10.6. The molecule has 0 saturated carbocycles. The zero-order valence-electron chi connectivity index (χ0n) is 19.6. The number of fused-ring (bicyclic) bond motifs is 9. The van der Waals surface area contributed by atoms with E-state index in [1.54, 1.807) is 6.33 Å². The molecule has 0 radical (unpaired) electrons. The van der Waals surface area contributed by atoms with Gasteiger partial charge in [0.05, 0.1) is 16.6 Å². The standard InChI is InChI=1S/C31H19N5O/c1-3-9-27-23(7-1)22-14-12-20(17-26(22)31-34-33-19-35(27)31)37-21-13-15-25-24-8-2-4-10-28(24)36(29(25)18-21)30-11-5-6-16-32-30/h1-19H. The SMILES string of the molecule is c1ccc(-n2c3ccccc3c3ccc(Oc4ccc5c6ccccc6n6cnnc6c5c4)cc32)nc1. The molecule has 8 aromatic rings. The van der Waals surface area contributed by atoms with E-state index in [0.717, 1.165) is 61.1 Å². The molecular formula is C31H19N5O. The minimum atomic E-state index is 0.743. The van der Waals surface area contributed by atoms with Gasteiger partial charge in [-0.2, -0.15) is 0 Å². The number of hydrogen-bond acceptors (Lipinski definition) is 4. The van der Waals surface area contributed by atoms with Crippen molar-refractivity contribution >= 4 is 49.1 Å². The number of ether oxygens (including phenoxy) is 1. The summed E-state index contributed by atoms with van der Waals surface area (Å²) in [5, 5.41) is 14.2. The molecule has 8 rings (SSSR count). The van der Waals surface area contributed by atoms with Crippen LogP contribution in [0.4, 0.5) is 0 Å². The number of nitrogens with zero attached hydrogens (tertiary/aromatic N) is 5. The Balaban J connectivity index is 1.30. The number of hydrogen-bond donors (Lipinski definition) is 0. The highest BCUT2D eigenvalue weighted by Gasteiger charge is 2.15. The van der Waals surface area contributed by atoms with Gasteiger partial charge in [-0.3, -0.25) is 8.97 Å². The summed E-state index contributed by atoms with van der Waals surface area (Å²) in [6.45, 7) is 0. The van der Waals surface area contributed by atoms with Crippen LogP contribution in [0.3, 0.4) is 0 Å². The summed E-state index contributed by atoms with van der Waals surface area (Å²) in [4.78, 5) is 4.62. The molecule has 0 N–H and O–H groups in total. The summed E-state index contributed by atoms with van der Waals surface area (Å²) in [6, 6.07) is 35.1. The van der Waals surface area contributed by atoms with Crippen LogP contribution in [-0.4, -0.2) is 24.1 Å². The van der Waals surface area contributed by atoms with Gasteiger partial charge in [0, 0.05) is 33.8 Å². The fourth-order valence-corrected chi connectivity index (χ4v) is 5.40. The Kier molecular flexibility index (Phi) is 4.13. The molecule has 0 bridgehead atoms. The van der Waals surface area contributed by atoms with Gasteiger partial charge in [0.1, 0.15) is 23.6 Å². The zero-order valence-corrected chi connectivity index (χ0v) is 19.6. The molecule has 0 atom stereocenters. The van der Waals surface area contributed by atoms with Crippen LogP contribution in [0.15, 0.2) is 116 Å². The normalized spacial score (nSPS) is 11.8. The summed E-state index contributed by atoms with van der Waals surface area (Å²) in [5.41, 5.74) is 4.05. The summed E-state index contributed by atoms with van der Waals surface area (Å²) in [5.74, 6) is 2.37. The molecule has 0 aliphatic heterocycles. The Morgan fingerprint density at radius 3 is 2.11 bits per heavy atom. The van der Waals surface area contributed by atoms with Crippen LogP contribution in [0.5, 0.6) is 11.5 Å². The monoisotopic (exact) mass is 477 g/mol. The van der Waals surface area contributed by atoms with E-state index in [9.17, 15) is 0 Å². The van der Waals surface area contributed by atoms with Crippen molar-refractivity contribution in [1.29, 1.82) is 0 Å². The highest BCUT2D eigenvalue weighted by Crippen LogP contribution is 2.36. The van der Waals surface area contributed by atoms with Gasteiger partial charge in [0.2, 0.25) is 0 Å². The molecule has 0 aliphatic carbocycles. The van der Waals surface area contributed by atoms with Gasteiger partial charge in [-0.25, -0.2) is 4.98 Å². The average Bonchev–Trinajstić information content (AvgIpc) is 3.57. The molecule has 0 unspecified atom stereocenters. The van der Waals surface area contributed by atoms with Crippen molar-refractivity contribution in [2.75, 3.05) is 0 Å². The maximum absolute atomic E-state index is 6.43. The van der Waals surface area contributed by atoms with Crippen LogP contribution < -0.4 is 4.74 Å². The topological polar surface area (TPSA) is 57.2 Å². The van der Waals surface area contributed by atoms with Crippen molar-refractivity contribution in [3.05, 3.63) is 116 Å². The number of rotatable bonds is 3. The fraction of sp³-hybridized carbons (Fsp3) is 0. The molecule has 0 spiro atoms. The smallest absolute Gasteiger partial charge is 0.169 e. The van der Waals surface area contributed by atoms with Crippen molar-refractivity contribution in [1.82, 2.24) is 24.1 Å². The van der Waals surface area contributed by atoms with E-state index in [4.69, 9.17) is 4.74 Å². The van der Waals surface area contributed by atoms with E-state index in [0.29, 0.717) is 0 Å². The van der Waals surface area contributed by atoms with Gasteiger partial charge in [0.15, 0.2) is 5.65 Å². The Morgan fingerprint density at radius 1 is 0.568 bits per heavy atom. The first-order chi connectivity index (χ1) is 18.3. The molecule has 0 fully saturated rings. The minimum absolute atomic E-state index is 0.743. The summed E-state index contributed by atoms with van der Waals surface area (Å²) >= 11 is 0. The zero-order chi connectivity index (χ0) is 24.3. The summed E-state index contributed by atoms with van der Waals surface area (Å²) in [6.07, 6.45) is 3.58. The van der Waals surface area contributed by atoms with Crippen LogP contribution >= 0.6 is 0 Å². The largest absolute Gasteiger partial charge is 0.457 e. The molecule has 0 amide bonds. The van der Waals surface area contributed by atoms with Crippen LogP contribution in [-0.2, 0) is 0 Å². The number of pyridine rings is 2. The predicted molar refractivity (Wildman–Crippen MR) is 147 cm³/mol. The number of benzene rings is 4. The van der Waals surface area contributed by atoms with E-state index >= 15 is 0 Å². The molecule has 4 heterocycles. The van der Waals surface area contributed by atoms with Crippen molar-refractivity contribution in [2.45, 2.75) is 0 Å². The lowest BCUT2D eigenvalue weighted by Gasteiger charge is -2.11. The number of para-hydroxylation sites is 2. The molecule has 0 saturated heterocycles. The van der Waals surface area contributed by atoms with Gasteiger partial charge >= 0.3 is 0 Å². The lowest BCUT2D eigenvalue weighted by Crippen LogP contribution is -1.96.